The Balaban J connectivity index is 1.23. The topological polar surface area (TPSA) is 111 Å². The Bertz CT molecular complexity index is 860. The summed E-state index contributed by atoms with van der Waals surface area (Å²) >= 11 is 0. The van der Waals surface area contributed by atoms with Crippen LogP contribution in [0.2, 0.25) is 0 Å². The number of aromatic amines is 3. The van der Waals surface area contributed by atoms with E-state index in [1.54, 1.807) is 6.07 Å². The Hall–Kier alpha value is -2.74. The van der Waals surface area contributed by atoms with Gasteiger partial charge in [0.15, 0.2) is 5.82 Å². The highest BCUT2D eigenvalue weighted by Crippen LogP contribution is 2.39. The maximum absolute atomic E-state index is 11.4. The molecule has 0 saturated heterocycles. The van der Waals surface area contributed by atoms with Gasteiger partial charge in [0.05, 0.1) is 17.5 Å². The summed E-state index contributed by atoms with van der Waals surface area (Å²) in [5, 5.41) is 16.4. The second-order valence-electron chi connectivity index (χ2n) is 5.70. The molecule has 0 amide bonds. The third-order valence-corrected chi connectivity index (χ3v) is 3.90. The van der Waals surface area contributed by atoms with Gasteiger partial charge in [0, 0.05) is 29.9 Å². The first-order chi connectivity index (χ1) is 11.3. The Morgan fingerprint density at radius 2 is 2.17 bits per heavy atom. The van der Waals surface area contributed by atoms with E-state index in [-0.39, 0.29) is 5.56 Å². The summed E-state index contributed by atoms with van der Waals surface area (Å²) in [6.45, 7) is 1.11. The predicted molar refractivity (Wildman–Crippen MR) is 87.5 cm³/mol. The maximum atomic E-state index is 11.4. The van der Waals surface area contributed by atoms with Crippen molar-refractivity contribution in [1.29, 1.82) is 0 Å². The van der Waals surface area contributed by atoms with Crippen molar-refractivity contribution < 1.29 is 4.84 Å². The Morgan fingerprint density at radius 3 is 3.04 bits per heavy atom. The van der Waals surface area contributed by atoms with E-state index in [1.807, 2.05) is 18.2 Å². The lowest BCUT2D eigenvalue weighted by atomic mass is 10.2. The molecule has 0 unspecified atom stereocenters. The van der Waals surface area contributed by atoms with Crippen molar-refractivity contribution in [2.45, 2.75) is 18.8 Å². The fraction of sp³-hybridized carbons (Fsp3) is 0.333. The number of rotatable bonds is 7. The highest BCUT2D eigenvalue weighted by Gasteiger charge is 2.25. The highest BCUT2D eigenvalue weighted by molar-refractivity contribution is 5.81. The zero-order valence-electron chi connectivity index (χ0n) is 12.5. The fourth-order valence-corrected chi connectivity index (χ4v) is 2.51. The van der Waals surface area contributed by atoms with Gasteiger partial charge in [-0.15, -0.1) is 0 Å². The Kier molecular flexibility index (Phi) is 3.51. The van der Waals surface area contributed by atoms with Crippen molar-refractivity contribution in [3.8, 4) is 0 Å². The van der Waals surface area contributed by atoms with Gasteiger partial charge < -0.3 is 5.32 Å². The number of fused-ring (bicyclic) bond motifs is 1. The highest BCUT2D eigenvalue weighted by atomic mass is 16.6. The molecule has 8 nitrogen and oxygen atoms in total. The molecule has 1 aliphatic carbocycles. The number of nitrogens with zero attached hydrogens (tertiary/aromatic N) is 1. The monoisotopic (exact) mass is 314 g/mol. The van der Waals surface area contributed by atoms with Crippen LogP contribution in [0.15, 0.2) is 29.1 Å². The molecule has 0 spiro atoms. The van der Waals surface area contributed by atoms with E-state index in [0.29, 0.717) is 30.3 Å². The van der Waals surface area contributed by atoms with Crippen LogP contribution < -0.4 is 16.4 Å². The van der Waals surface area contributed by atoms with Gasteiger partial charge in [-0.1, -0.05) is 0 Å². The van der Waals surface area contributed by atoms with E-state index in [2.05, 4.69) is 31.2 Å². The van der Waals surface area contributed by atoms with Crippen molar-refractivity contribution in [3.63, 3.8) is 0 Å². The second kappa shape index (κ2) is 5.81. The molecule has 0 radical (unpaired) electrons. The van der Waals surface area contributed by atoms with E-state index in [0.717, 1.165) is 11.2 Å². The molecule has 120 valence electrons. The molecule has 1 fully saturated rings. The van der Waals surface area contributed by atoms with Crippen molar-refractivity contribution in [2.24, 2.45) is 0 Å². The largest absolute Gasteiger partial charge is 0.383 e. The van der Waals surface area contributed by atoms with E-state index in [4.69, 9.17) is 4.84 Å². The van der Waals surface area contributed by atoms with Crippen molar-refractivity contribution in [2.75, 3.05) is 23.9 Å². The SMILES string of the molecule is O=c1[nH][nH]c2cc(NCCONc3cc(C4CC4)[nH]n3)ccc12. The van der Waals surface area contributed by atoms with E-state index < -0.39 is 0 Å². The standard InChI is InChI=1S/C15H18N6O2/c22-15-11-4-3-10(7-13(11)18-20-15)16-5-6-23-21-14-8-12(17-19-14)9-1-2-9/h3-4,7-9,16H,1-2,5-6H2,(H2,17,19,21)(H2,18,20,22). The lowest BCUT2D eigenvalue weighted by molar-refractivity contribution is 0.204. The molecular weight excluding hydrogens is 296 g/mol. The third-order valence-electron chi connectivity index (χ3n) is 3.90. The quantitative estimate of drug-likeness (QED) is 0.338. The first-order valence-electron chi connectivity index (χ1n) is 7.67. The molecular formula is C15H18N6O2. The summed E-state index contributed by atoms with van der Waals surface area (Å²) in [6.07, 6.45) is 2.48. The van der Waals surface area contributed by atoms with Crippen LogP contribution in [0.3, 0.4) is 0 Å². The predicted octanol–water partition coefficient (Wildman–Crippen LogP) is 1.91. The number of hydrogen-bond donors (Lipinski definition) is 5. The Labute approximate surface area is 131 Å². The van der Waals surface area contributed by atoms with Crippen LogP contribution in [-0.4, -0.2) is 33.5 Å². The van der Waals surface area contributed by atoms with E-state index >= 15 is 0 Å². The minimum Gasteiger partial charge on any atom is -0.383 e. The molecule has 3 aromatic rings. The molecule has 4 rings (SSSR count). The molecule has 1 saturated carbocycles. The summed E-state index contributed by atoms with van der Waals surface area (Å²) < 4.78 is 0. The maximum Gasteiger partial charge on any atom is 0.271 e. The molecule has 1 aliphatic rings. The average Bonchev–Trinajstić information content (AvgIpc) is 3.20. The lowest BCUT2D eigenvalue weighted by Gasteiger charge is -2.07. The van der Waals surface area contributed by atoms with Crippen molar-refractivity contribution in [1.82, 2.24) is 20.4 Å². The molecule has 23 heavy (non-hydrogen) atoms. The smallest absolute Gasteiger partial charge is 0.271 e. The number of nitrogens with one attached hydrogen (secondary N) is 5. The molecule has 1 aromatic carbocycles. The molecule has 5 N–H and O–H groups in total. The molecule has 0 bridgehead atoms. The summed E-state index contributed by atoms with van der Waals surface area (Å²) in [5.41, 5.74) is 5.60. The van der Waals surface area contributed by atoms with Gasteiger partial charge in [0.2, 0.25) is 0 Å². The van der Waals surface area contributed by atoms with E-state index in [9.17, 15) is 4.79 Å². The zero-order valence-corrected chi connectivity index (χ0v) is 12.5. The van der Waals surface area contributed by atoms with Crippen molar-refractivity contribution >= 4 is 22.4 Å². The van der Waals surface area contributed by atoms with Crippen LogP contribution in [0.4, 0.5) is 11.5 Å². The Morgan fingerprint density at radius 1 is 1.26 bits per heavy atom. The molecule has 2 aromatic heterocycles. The molecule has 0 aliphatic heterocycles. The molecule has 0 atom stereocenters. The summed E-state index contributed by atoms with van der Waals surface area (Å²) in [6, 6.07) is 7.53. The second-order valence-corrected chi connectivity index (χ2v) is 5.70. The fourth-order valence-electron chi connectivity index (χ4n) is 2.51. The van der Waals surface area contributed by atoms with Gasteiger partial charge in [0.25, 0.3) is 5.56 Å². The minimum atomic E-state index is -0.108. The van der Waals surface area contributed by atoms with Gasteiger partial charge in [-0.2, -0.15) is 5.10 Å². The van der Waals surface area contributed by atoms with Crippen LogP contribution in [0, 0.1) is 0 Å². The molecule has 8 heteroatoms. The van der Waals surface area contributed by atoms with Crippen LogP contribution >= 0.6 is 0 Å². The lowest BCUT2D eigenvalue weighted by Crippen LogP contribution is -2.12. The molecule has 2 heterocycles. The summed E-state index contributed by atoms with van der Waals surface area (Å²) in [4.78, 5) is 16.8. The summed E-state index contributed by atoms with van der Waals surface area (Å²) in [7, 11) is 0. The van der Waals surface area contributed by atoms with Gasteiger partial charge in [-0.05, 0) is 31.0 Å². The zero-order chi connectivity index (χ0) is 15.6. The van der Waals surface area contributed by atoms with Gasteiger partial charge in [0.1, 0.15) is 0 Å². The van der Waals surface area contributed by atoms with Crippen LogP contribution in [0.25, 0.3) is 10.9 Å². The average molecular weight is 314 g/mol. The number of anilines is 2. The number of aromatic nitrogens is 4. The van der Waals surface area contributed by atoms with Crippen molar-refractivity contribution in [3.05, 3.63) is 40.3 Å². The van der Waals surface area contributed by atoms with Crippen LogP contribution in [-0.2, 0) is 4.84 Å². The summed E-state index contributed by atoms with van der Waals surface area (Å²) in [5.74, 6) is 1.35. The van der Waals surface area contributed by atoms with Crippen LogP contribution in [0.1, 0.15) is 24.5 Å². The normalized spacial score (nSPS) is 14.3. The third kappa shape index (κ3) is 3.07. The first kappa shape index (κ1) is 13.9. The minimum absolute atomic E-state index is 0.108. The van der Waals surface area contributed by atoms with Gasteiger partial charge in [-0.3, -0.25) is 24.9 Å². The van der Waals surface area contributed by atoms with Gasteiger partial charge in [-0.25, -0.2) is 5.48 Å². The van der Waals surface area contributed by atoms with Gasteiger partial charge >= 0.3 is 0 Å². The first-order valence-corrected chi connectivity index (χ1v) is 7.67. The number of hydrogen-bond acceptors (Lipinski definition) is 5. The number of benzene rings is 1. The van der Waals surface area contributed by atoms with Crippen LogP contribution in [0.5, 0.6) is 0 Å². The van der Waals surface area contributed by atoms with E-state index in [1.165, 1.54) is 18.5 Å². The number of H-pyrrole nitrogens is 3.